The van der Waals surface area contributed by atoms with Crippen LogP contribution in [0.25, 0.3) is 0 Å². The van der Waals surface area contributed by atoms with Gasteiger partial charge in [0.1, 0.15) is 0 Å². The molecule has 0 aromatic rings. The number of esters is 1. The average Bonchev–Trinajstić information content (AvgIpc) is 2.32. The van der Waals surface area contributed by atoms with Crippen LogP contribution in [0.15, 0.2) is 12.2 Å². The lowest BCUT2D eigenvalue weighted by atomic mass is 9.94. The highest BCUT2D eigenvalue weighted by Crippen LogP contribution is 2.18. The molecule has 0 aliphatic heterocycles. The van der Waals surface area contributed by atoms with Crippen LogP contribution in [0.1, 0.15) is 39.0 Å². The van der Waals surface area contributed by atoms with Crippen LogP contribution in [-0.4, -0.2) is 34.7 Å². The highest BCUT2D eigenvalue weighted by atomic mass is 16.5. The van der Waals surface area contributed by atoms with Crippen LogP contribution in [-0.2, 0) is 19.1 Å². The van der Waals surface area contributed by atoms with E-state index in [0.29, 0.717) is 32.3 Å². The molecule has 0 aromatic carbocycles. The average molecular weight is 272 g/mol. The van der Waals surface area contributed by atoms with Gasteiger partial charge in [0.25, 0.3) is 0 Å². The van der Waals surface area contributed by atoms with Gasteiger partial charge in [0.15, 0.2) is 0 Å². The summed E-state index contributed by atoms with van der Waals surface area (Å²) in [5, 5.41) is 17.6. The second kappa shape index (κ2) is 9.13. The lowest BCUT2D eigenvalue weighted by Crippen LogP contribution is -2.20. The Hall–Kier alpha value is -1.85. The van der Waals surface area contributed by atoms with E-state index >= 15 is 0 Å². The van der Waals surface area contributed by atoms with Gasteiger partial charge in [0.2, 0.25) is 0 Å². The first-order chi connectivity index (χ1) is 8.90. The first-order valence-corrected chi connectivity index (χ1v) is 6.20. The van der Waals surface area contributed by atoms with Gasteiger partial charge in [-0.2, -0.15) is 0 Å². The largest absolute Gasteiger partial charge is 0.481 e. The van der Waals surface area contributed by atoms with Crippen LogP contribution in [0.4, 0.5) is 0 Å². The molecule has 0 aliphatic carbocycles. The highest BCUT2D eigenvalue weighted by Gasteiger charge is 2.24. The first-order valence-electron chi connectivity index (χ1n) is 6.20. The summed E-state index contributed by atoms with van der Waals surface area (Å²) in [5.74, 6) is -3.82. The number of unbranched alkanes of at least 4 members (excludes halogenated alkanes) is 2. The van der Waals surface area contributed by atoms with E-state index in [4.69, 9.17) is 14.9 Å². The zero-order chi connectivity index (χ0) is 14.8. The molecule has 0 unspecified atom stereocenters. The van der Waals surface area contributed by atoms with Crippen molar-refractivity contribution in [3.8, 4) is 0 Å². The van der Waals surface area contributed by atoms with Gasteiger partial charge in [-0.05, 0) is 19.8 Å². The van der Waals surface area contributed by atoms with Gasteiger partial charge in [-0.25, -0.2) is 4.79 Å². The molecule has 6 heteroatoms. The van der Waals surface area contributed by atoms with Crippen molar-refractivity contribution in [3.63, 3.8) is 0 Å². The molecule has 2 N–H and O–H groups in total. The molecule has 19 heavy (non-hydrogen) atoms. The van der Waals surface area contributed by atoms with Gasteiger partial charge in [-0.1, -0.05) is 19.4 Å². The zero-order valence-corrected chi connectivity index (χ0v) is 11.1. The zero-order valence-electron chi connectivity index (χ0n) is 11.1. The summed E-state index contributed by atoms with van der Waals surface area (Å²) < 4.78 is 4.75. The lowest BCUT2D eigenvalue weighted by Gasteiger charge is -2.11. The molecule has 0 fully saturated rings. The minimum absolute atomic E-state index is 0.212. The van der Waals surface area contributed by atoms with Crippen LogP contribution < -0.4 is 0 Å². The van der Waals surface area contributed by atoms with Gasteiger partial charge in [-0.15, -0.1) is 0 Å². The fourth-order valence-electron chi connectivity index (χ4n) is 1.62. The summed E-state index contributed by atoms with van der Waals surface area (Å²) >= 11 is 0. The molecule has 0 aliphatic rings. The SMILES string of the molecule is C=C(C(=O)O)[C@H](CCCCCC(=O)OCC)C(=O)O. The number of carboxylic acids is 2. The predicted octanol–water partition coefficient (Wildman–Crippen LogP) is 1.84. The maximum atomic E-state index is 11.0. The maximum Gasteiger partial charge on any atom is 0.331 e. The number of hydrogen-bond acceptors (Lipinski definition) is 4. The van der Waals surface area contributed by atoms with E-state index in [1.54, 1.807) is 6.92 Å². The van der Waals surface area contributed by atoms with E-state index in [0.717, 1.165) is 0 Å². The molecule has 0 amide bonds. The maximum absolute atomic E-state index is 11.0. The quantitative estimate of drug-likeness (QED) is 0.357. The van der Waals surface area contributed by atoms with Crippen molar-refractivity contribution >= 4 is 17.9 Å². The summed E-state index contributed by atoms with van der Waals surface area (Å²) in [7, 11) is 0. The molecule has 0 spiro atoms. The highest BCUT2D eigenvalue weighted by molar-refractivity contribution is 5.93. The Labute approximate surface area is 112 Å². The fourth-order valence-corrected chi connectivity index (χ4v) is 1.62. The molecule has 6 nitrogen and oxygen atoms in total. The number of carbonyl (C=O) groups excluding carboxylic acids is 1. The van der Waals surface area contributed by atoms with Gasteiger partial charge in [-0.3, -0.25) is 9.59 Å². The van der Waals surface area contributed by atoms with Gasteiger partial charge in [0, 0.05) is 12.0 Å². The molecule has 108 valence electrons. The molecular weight excluding hydrogens is 252 g/mol. The van der Waals surface area contributed by atoms with Crippen LogP contribution in [0, 0.1) is 5.92 Å². The van der Waals surface area contributed by atoms with E-state index in [1.807, 2.05) is 0 Å². The molecule has 0 saturated carbocycles. The predicted molar refractivity (Wildman–Crippen MR) is 67.6 cm³/mol. The Morgan fingerprint density at radius 2 is 1.79 bits per heavy atom. The molecule has 0 rings (SSSR count). The van der Waals surface area contributed by atoms with E-state index in [1.165, 1.54) is 0 Å². The van der Waals surface area contributed by atoms with E-state index in [2.05, 4.69) is 6.58 Å². The van der Waals surface area contributed by atoms with E-state index < -0.39 is 17.9 Å². The molecule has 0 aromatic heterocycles. The fraction of sp³-hybridized carbons (Fsp3) is 0.615. The molecule has 0 radical (unpaired) electrons. The summed E-state index contributed by atoms with van der Waals surface area (Å²) in [5.41, 5.74) is -0.308. The number of carbonyl (C=O) groups is 3. The van der Waals surface area contributed by atoms with Gasteiger partial charge >= 0.3 is 17.9 Å². The van der Waals surface area contributed by atoms with Crippen LogP contribution in [0.5, 0.6) is 0 Å². The third kappa shape index (κ3) is 7.23. The van der Waals surface area contributed by atoms with Gasteiger partial charge < -0.3 is 14.9 Å². The molecular formula is C13H20O6. The van der Waals surface area contributed by atoms with Crippen molar-refractivity contribution in [1.82, 2.24) is 0 Å². The minimum Gasteiger partial charge on any atom is -0.481 e. The number of rotatable bonds is 10. The van der Waals surface area contributed by atoms with Crippen LogP contribution in [0.2, 0.25) is 0 Å². The monoisotopic (exact) mass is 272 g/mol. The van der Waals surface area contributed by atoms with Crippen molar-refractivity contribution in [3.05, 3.63) is 12.2 Å². The van der Waals surface area contributed by atoms with Crippen molar-refractivity contribution < 1.29 is 29.3 Å². The molecule has 0 bridgehead atoms. The normalized spacial score (nSPS) is 11.6. The summed E-state index contributed by atoms with van der Waals surface area (Å²) in [6, 6.07) is 0. The Morgan fingerprint density at radius 3 is 2.26 bits per heavy atom. The molecule has 0 saturated heterocycles. The second-order valence-electron chi connectivity index (χ2n) is 4.13. The standard InChI is InChI=1S/C13H20O6/c1-3-19-11(14)8-6-4-5-7-10(13(17)18)9(2)12(15)16/h10H,2-8H2,1H3,(H,15,16)(H,17,18)/t10-/m0/s1. The van der Waals surface area contributed by atoms with Crippen molar-refractivity contribution in [2.45, 2.75) is 39.0 Å². The Morgan fingerprint density at radius 1 is 1.16 bits per heavy atom. The summed E-state index contributed by atoms with van der Waals surface area (Å²) in [6.07, 6.45) is 2.29. The summed E-state index contributed by atoms with van der Waals surface area (Å²) in [6.45, 7) is 5.35. The Kier molecular flexibility index (Phi) is 8.24. The minimum atomic E-state index is -1.29. The number of aliphatic carboxylic acids is 2. The number of hydrogen-bond donors (Lipinski definition) is 2. The Balaban J connectivity index is 3.96. The first kappa shape index (κ1) is 17.2. The smallest absolute Gasteiger partial charge is 0.331 e. The van der Waals surface area contributed by atoms with Crippen LogP contribution in [0.3, 0.4) is 0 Å². The molecule has 0 heterocycles. The molecule has 1 atom stereocenters. The number of ether oxygens (including phenoxy) is 1. The van der Waals surface area contributed by atoms with E-state index in [9.17, 15) is 14.4 Å². The Bertz CT molecular complexity index is 347. The van der Waals surface area contributed by atoms with E-state index in [-0.39, 0.29) is 18.0 Å². The van der Waals surface area contributed by atoms with Crippen molar-refractivity contribution in [2.24, 2.45) is 5.92 Å². The summed E-state index contributed by atoms with van der Waals surface area (Å²) in [4.78, 5) is 32.6. The second-order valence-corrected chi connectivity index (χ2v) is 4.13. The topological polar surface area (TPSA) is 101 Å². The van der Waals surface area contributed by atoms with Crippen molar-refractivity contribution in [1.29, 1.82) is 0 Å². The van der Waals surface area contributed by atoms with Crippen LogP contribution >= 0.6 is 0 Å². The third-order valence-corrected chi connectivity index (χ3v) is 2.67. The third-order valence-electron chi connectivity index (χ3n) is 2.67. The lowest BCUT2D eigenvalue weighted by molar-refractivity contribution is -0.144. The number of carboxylic acid groups (broad SMARTS) is 2. The van der Waals surface area contributed by atoms with Crippen molar-refractivity contribution in [2.75, 3.05) is 6.61 Å². The van der Waals surface area contributed by atoms with Gasteiger partial charge in [0.05, 0.1) is 12.5 Å².